The molecule has 0 aliphatic carbocycles. The van der Waals surface area contributed by atoms with Gasteiger partial charge in [0.1, 0.15) is 0 Å². The highest BCUT2D eigenvalue weighted by atomic mass is 16.6. The number of nitrogens with zero attached hydrogens (tertiary/aromatic N) is 1. The molecule has 9 heteroatoms. The maximum Gasteiger partial charge on any atom is 0.337 e. The van der Waals surface area contributed by atoms with Crippen molar-refractivity contribution in [2.45, 2.75) is 0 Å². The van der Waals surface area contributed by atoms with E-state index < -0.39 is 22.7 Å². The number of methoxy groups -OCH3 is 1. The molecule has 0 spiro atoms. The highest BCUT2D eigenvalue weighted by molar-refractivity contribution is 5.99. The van der Waals surface area contributed by atoms with Crippen LogP contribution in [0.5, 0.6) is 0 Å². The van der Waals surface area contributed by atoms with Crippen LogP contribution in [0.3, 0.4) is 0 Å². The van der Waals surface area contributed by atoms with Crippen LogP contribution in [-0.2, 0) is 9.53 Å². The lowest BCUT2D eigenvalue weighted by Crippen LogP contribution is -2.32. The normalized spacial score (nSPS) is 9.79. The van der Waals surface area contributed by atoms with E-state index in [-0.39, 0.29) is 17.8 Å². The Labute approximate surface area is 194 Å². The van der Waals surface area contributed by atoms with Crippen molar-refractivity contribution in [1.82, 2.24) is 5.32 Å². The Balaban J connectivity index is 1.60. The Morgan fingerprint density at radius 2 is 1.56 bits per heavy atom. The molecular weight excluding hydrogens is 438 g/mol. The molecule has 0 bridgehead atoms. The van der Waals surface area contributed by atoms with Gasteiger partial charge in [-0.15, -0.1) is 0 Å². The van der Waals surface area contributed by atoms with Crippen LogP contribution in [0.4, 0.5) is 11.4 Å². The highest BCUT2D eigenvalue weighted by Gasteiger charge is 2.12. The molecule has 3 rings (SSSR count). The Morgan fingerprint density at radius 3 is 2.26 bits per heavy atom. The first-order chi connectivity index (χ1) is 16.4. The lowest BCUT2D eigenvalue weighted by Gasteiger charge is -2.07. The minimum absolute atomic E-state index is 0.0792. The Kier molecular flexibility index (Phi) is 7.71. The second-order valence-electron chi connectivity index (χ2n) is 6.94. The molecule has 3 aromatic rings. The molecule has 0 saturated carbocycles. The van der Waals surface area contributed by atoms with Crippen LogP contribution < -0.4 is 10.6 Å². The number of carbonyl (C=O) groups is 3. The zero-order valence-electron chi connectivity index (χ0n) is 18.0. The summed E-state index contributed by atoms with van der Waals surface area (Å²) in [5.41, 5.74) is 1.98. The number of amides is 2. The van der Waals surface area contributed by atoms with E-state index in [0.29, 0.717) is 22.4 Å². The van der Waals surface area contributed by atoms with Crippen molar-refractivity contribution >= 4 is 29.2 Å². The van der Waals surface area contributed by atoms with Crippen LogP contribution in [0, 0.1) is 22.0 Å². The number of rotatable bonds is 6. The number of benzene rings is 3. The molecule has 0 fully saturated rings. The van der Waals surface area contributed by atoms with Crippen molar-refractivity contribution in [1.29, 1.82) is 0 Å². The summed E-state index contributed by atoms with van der Waals surface area (Å²) >= 11 is 0. The molecule has 0 heterocycles. The van der Waals surface area contributed by atoms with Crippen LogP contribution in [0.15, 0.2) is 72.8 Å². The zero-order valence-corrected chi connectivity index (χ0v) is 18.0. The smallest absolute Gasteiger partial charge is 0.337 e. The van der Waals surface area contributed by atoms with Crippen molar-refractivity contribution in [3.63, 3.8) is 0 Å². The minimum atomic E-state index is -0.604. The number of nitro benzene ring substituents is 1. The van der Waals surface area contributed by atoms with Gasteiger partial charge in [-0.1, -0.05) is 30.0 Å². The van der Waals surface area contributed by atoms with Crippen molar-refractivity contribution in [3.8, 4) is 11.8 Å². The van der Waals surface area contributed by atoms with Crippen LogP contribution in [0.1, 0.15) is 31.8 Å². The maximum absolute atomic E-state index is 12.2. The molecule has 0 unspecified atom stereocenters. The standard InChI is InChI=1S/C25H19N3O6/c1-34-25(31)20-8-2-5-17(13-20)11-12-18-6-3-9-21(14-18)27-23(29)16-26-24(30)19-7-4-10-22(15-19)28(32)33/h2-10,13-15H,16H2,1H3,(H,26,30)(H,27,29). The number of ether oxygens (including phenoxy) is 1. The van der Waals surface area contributed by atoms with Gasteiger partial charge in [-0.05, 0) is 42.5 Å². The average Bonchev–Trinajstić information content (AvgIpc) is 2.86. The highest BCUT2D eigenvalue weighted by Crippen LogP contribution is 2.13. The number of non-ortho nitro benzene ring substituents is 1. The van der Waals surface area contributed by atoms with E-state index in [1.807, 2.05) is 0 Å². The number of nitro groups is 1. The van der Waals surface area contributed by atoms with Crippen molar-refractivity contribution in [2.75, 3.05) is 19.0 Å². The van der Waals surface area contributed by atoms with Gasteiger partial charge in [0.2, 0.25) is 5.91 Å². The van der Waals surface area contributed by atoms with Gasteiger partial charge in [-0.25, -0.2) is 4.79 Å². The first-order valence-corrected chi connectivity index (χ1v) is 9.98. The third-order valence-electron chi connectivity index (χ3n) is 4.51. The number of anilines is 1. The molecule has 2 amide bonds. The number of hydrogen-bond acceptors (Lipinski definition) is 6. The second-order valence-corrected chi connectivity index (χ2v) is 6.94. The summed E-state index contributed by atoms with van der Waals surface area (Å²) in [6.45, 7) is -0.322. The zero-order chi connectivity index (χ0) is 24.5. The molecule has 9 nitrogen and oxygen atoms in total. The fraction of sp³-hybridized carbons (Fsp3) is 0.0800. The van der Waals surface area contributed by atoms with Gasteiger partial charge >= 0.3 is 5.97 Å². The number of esters is 1. The summed E-state index contributed by atoms with van der Waals surface area (Å²) in [7, 11) is 1.31. The van der Waals surface area contributed by atoms with Crippen molar-refractivity contribution in [3.05, 3.63) is 105 Å². The first-order valence-electron chi connectivity index (χ1n) is 9.98. The Morgan fingerprint density at radius 1 is 0.912 bits per heavy atom. The van der Waals surface area contributed by atoms with E-state index in [1.165, 1.54) is 25.3 Å². The monoisotopic (exact) mass is 457 g/mol. The van der Waals surface area contributed by atoms with E-state index >= 15 is 0 Å². The Hall–Kier alpha value is -4.97. The molecule has 2 N–H and O–H groups in total. The Bertz CT molecular complexity index is 1320. The van der Waals surface area contributed by atoms with E-state index in [1.54, 1.807) is 48.5 Å². The largest absolute Gasteiger partial charge is 0.465 e. The summed E-state index contributed by atoms with van der Waals surface area (Å²) < 4.78 is 4.70. The van der Waals surface area contributed by atoms with E-state index in [9.17, 15) is 24.5 Å². The number of nitrogens with one attached hydrogen (secondary N) is 2. The first kappa shape index (κ1) is 23.7. The van der Waals surface area contributed by atoms with Gasteiger partial charge in [0.25, 0.3) is 11.6 Å². The summed E-state index contributed by atoms with van der Waals surface area (Å²) in [5, 5.41) is 15.9. The third-order valence-corrected chi connectivity index (χ3v) is 4.51. The topological polar surface area (TPSA) is 128 Å². The molecule has 0 aliphatic rings. The molecule has 0 aromatic heterocycles. The number of carbonyl (C=O) groups excluding carboxylic acids is 3. The summed E-state index contributed by atoms with van der Waals surface area (Å²) in [4.78, 5) is 46.3. The molecule has 0 aliphatic heterocycles. The van der Waals surface area contributed by atoms with E-state index in [0.717, 1.165) is 6.07 Å². The fourth-order valence-electron chi connectivity index (χ4n) is 2.89. The summed E-state index contributed by atoms with van der Waals surface area (Å²) in [6.07, 6.45) is 0. The van der Waals surface area contributed by atoms with Crippen molar-refractivity contribution < 1.29 is 24.0 Å². The fourth-order valence-corrected chi connectivity index (χ4v) is 2.89. The summed E-state index contributed by atoms with van der Waals surface area (Å²) in [6, 6.07) is 18.7. The van der Waals surface area contributed by atoms with Gasteiger partial charge in [0.15, 0.2) is 0 Å². The third kappa shape index (κ3) is 6.51. The lowest BCUT2D eigenvalue weighted by molar-refractivity contribution is -0.384. The molecular formula is C25H19N3O6. The van der Waals surface area contributed by atoms with Gasteiger partial charge in [-0.2, -0.15) is 0 Å². The van der Waals surface area contributed by atoms with Gasteiger partial charge in [-0.3, -0.25) is 19.7 Å². The van der Waals surface area contributed by atoms with Crippen LogP contribution in [0.2, 0.25) is 0 Å². The van der Waals surface area contributed by atoms with Gasteiger partial charge in [0, 0.05) is 34.5 Å². The van der Waals surface area contributed by atoms with Gasteiger partial charge < -0.3 is 15.4 Å². The van der Waals surface area contributed by atoms with Crippen LogP contribution in [-0.4, -0.2) is 36.4 Å². The minimum Gasteiger partial charge on any atom is -0.465 e. The predicted octanol–water partition coefficient (Wildman–Crippen LogP) is 3.15. The van der Waals surface area contributed by atoms with Crippen LogP contribution in [0.25, 0.3) is 0 Å². The lowest BCUT2D eigenvalue weighted by atomic mass is 10.1. The average molecular weight is 457 g/mol. The molecule has 170 valence electrons. The van der Waals surface area contributed by atoms with Gasteiger partial charge in [0.05, 0.1) is 24.1 Å². The second kappa shape index (κ2) is 11.1. The molecule has 0 atom stereocenters. The van der Waals surface area contributed by atoms with E-state index in [4.69, 9.17) is 4.74 Å². The molecule has 34 heavy (non-hydrogen) atoms. The van der Waals surface area contributed by atoms with Crippen molar-refractivity contribution in [2.24, 2.45) is 0 Å². The van der Waals surface area contributed by atoms with E-state index in [2.05, 4.69) is 22.5 Å². The molecule has 0 radical (unpaired) electrons. The predicted molar refractivity (Wildman–Crippen MR) is 124 cm³/mol. The summed E-state index contributed by atoms with van der Waals surface area (Å²) in [5.74, 6) is 4.39. The molecule has 3 aromatic carbocycles. The SMILES string of the molecule is COC(=O)c1cccc(C#Cc2cccc(NC(=O)CNC(=O)c3cccc([N+](=O)[O-])c3)c2)c1. The quantitative estimate of drug-likeness (QED) is 0.253. The number of hydrogen-bond donors (Lipinski definition) is 2. The molecule has 0 saturated heterocycles. The van der Waals surface area contributed by atoms with Crippen LogP contribution >= 0.6 is 0 Å². The maximum atomic E-state index is 12.2.